The van der Waals surface area contributed by atoms with Crippen molar-refractivity contribution in [1.29, 1.82) is 0 Å². The summed E-state index contributed by atoms with van der Waals surface area (Å²) < 4.78 is 0. The van der Waals surface area contributed by atoms with Gasteiger partial charge in [-0.1, -0.05) is 18.8 Å². The predicted octanol–water partition coefficient (Wildman–Crippen LogP) is 0.843. The zero-order valence-corrected chi connectivity index (χ0v) is 9.41. The van der Waals surface area contributed by atoms with Crippen molar-refractivity contribution < 1.29 is 4.79 Å². The molecule has 0 bridgehead atoms. The van der Waals surface area contributed by atoms with Gasteiger partial charge >= 0.3 is 0 Å². The van der Waals surface area contributed by atoms with Crippen LogP contribution in [0.1, 0.15) is 25.7 Å². The van der Waals surface area contributed by atoms with E-state index in [0.29, 0.717) is 19.0 Å². The maximum Gasteiger partial charge on any atom is 0.226 e. The van der Waals surface area contributed by atoms with Crippen molar-refractivity contribution in [2.45, 2.75) is 25.7 Å². The van der Waals surface area contributed by atoms with Gasteiger partial charge in [-0.05, 0) is 25.3 Å². The quantitative estimate of drug-likeness (QED) is 0.699. The predicted molar refractivity (Wildman–Crippen MR) is 61.0 cm³/mol. The minimum atomic E-state index is 0.0992. The molecule has 1 amide bonds. The van der Waals surface area contributed by atoms with Gasteiger partial charge in [0.05, 0.1) is 6.54 Å². The highest BCUT2D eigenvalue weighted by Crippen LogP contribution is 2.30. The van der Waals surface area contributed by atoms with Gasteiger partial charge in [0, 0.05) is 13.0 Å². The molecule has 1 aliphatic carbocycles. The van der Waals surface area contributed by atoms with Crippen molar-refractivity contribution >= 4 is 5.91 Å². The molecule has 1 saturated carbocycles. The van der Waals surface area contributed by atoms with Crippen LogP contribution in [0, 0.1) is 24.2 Å². The highest BCUT2D eigenvalue weighted by atomic mass is 16.2. The van der Waals surface area contributed by atoms with Gasteiger partial charge in [-0.25, -0.2) is 0 Å². The molecule has 3 heteroatoms. The number of nitrogens with two attached hydrogens (primary N) is 1. The van der Waals surface area contributed by atoms with E-state index in [1.54, 1.807) is 11.9 Å². The Bertz CT molecular complexity index is 257. The Balaban J connectivity index is 2.59. The van der Waals surface area contributed by atoms with Crippen molar-refractivity contribution in [2.24, 2.45) is 17.6 Å². The third-order valence-corrected chi connectivity index (χ3v) is 3.23. The van der Waals surface area contributed by atoms with Gasteiger partial charge in [0.25, 0.3) is 0 Å². The Kier molecular flexibility index (Phi) is 4.64. The van der Waals surface area contributed by atoms with E-state index in [1.165, 1.54) is 6.42 Å². The molecule has 15 heavy (non-hydrogen) atoms. The van der Waals surface area contributed by atoms with E-state index < -0.39 is 0 Å². The average Bonchev–Trinajstić information content (AvgIpc) is 2.28. The first-order chi connectivity index (χ1) is 7.20. The topological polar surface area (TPSA) is 46.3 Å². The average molecular weight is 208 g/mol. The Morgan fingerprint density at radius 3 is 2.80 bits per heavy atom. The Labute approximate surface area is 92.0 Å². The minimum Gasteiger partial charge on any atom is -0.334 e. The SMILES string of the molecule is C#CCN(C)C(=O)C1CCCCC1CN. The fourth-order valence-electron chi connectivity index (χ4n) is 2.31. The van der Waals surface area contributed by atoms with E-state index in [1.807, 2.05) is 0 Å². The highest BCUT2D eigenvalue weighted by molar-refractivity contribution is 5.79. The molecule has 0 radical (unpaired) electrons. The molecule has 2 atom stereocenters. The van der Waals surface area contributed by atoms with E-state index in [4.69, 9.17) is 12.2 Å². The number of rotatable bonds is 3. The Morgan fingerprint density at radius 1 is 1.53 bits per heavy atom. The van der Waals surface area contributed by atoms with Crippen molar-refractivity contribution in [3.63, 3.8) is 0 Å². The number of terminal acetylenes is 1. The Morgan fingerprint density at radius 2 is 2.20 bits per heavy atom. The van der Waals surface area contributed by atoms with Crippen LogP contribution in [0.5, 0.6) is 0 Å². The fraction of sp³-hybridized carbons (Fsp3) is 0.750. The van der Waals surface area contributed by atoms with Crippen molar-refractivity contribution in [2.75, 3.05) is 20.1 Å². The molecule has 0 aromatic heterocycles. The molecular formula is C12H20N2O. The summed E-state index contributed by atoms with van der Waals surface area (Å²) >= 11 is 0. The molecule has 0 spiro atoms. The summed E-state index contributed by atoms with van der Waals surface area (Å²) in [5, 5.41) is 0. The van der Waals surface area contributed by atoms with Gasteiger partial charge in [0.1, 0.15) is 0 Å². The van der Waals surface area contributed by atoms with Crippen molar-refractivity contribution in [3.8, 4) is 12.3 Å². The highest BCUT2D eigenvalue weighted by Gasteiger charge is 2.31. The van der Waals surface area contributed by atoms with Gasteiger partial charge in [-0.15, -0.1) is 6.42 Å². The molecule has 0 heterocycles. The van der Waals surface area contributed by atoms with Gasteiger partial charge in [0.15, 0.2) is 0 Å². The van der Waals surface area contributed by atoms with E-state index in [-0.39, 0.29) is 11.8 Å². The second-order valence-electron chi connectivity index (χ2n) is 4.29. The summed E-state index contributed by atoms with van der Waals surface area (Å²) in [4.78, 5) is 13.7. The minimum absolute atomic E-state index is 0.0992. The lowest BCUT2D eigenvalue weighted by Crippen LogP contribution is -2.40. The fourth-order valence-corrected chi connectivity index (χ4v) is 2.31. The number of carbonyl (C=O) groups excluding carboxylic acids is 1. The monoisotopic (exact) mass is 208 g/mol. The van der Waals surface area contributed by atoms with Crippen molar-refractivity contribution in [1.82, 2.24) is 4.90 Å². The summed E-state index contributed by atoms with van der Waals surface area (Å²) in [5.74, 6) is 3.12. The van der Waals surface area contributed by atoms with Gasteiger partial charge < -0.3 is 10.6 Å². The van der Waals surface area contributed by atoms with Gasteiger partial charge in [-0.3, -0.25) is 4.79 Å². The summed E-state index contributed by atoms with van der Waals surface area (Å²) in [6, 6.07) is 0. The van der Waals surface area contributed by atoms with E-state index in [9.17, 15) is 4.79 Å². The molecule has 2 unspecified atom stereocenters. The van der Waals surface area contributed by atoms with Crippen LogP contribution in [-0.4, -0.2) is 30.9 Å². The summed E-state index contributed by atoms with van der Waals surface area (Å²) in [5.41, 5.74) is 5.69. The van der Waals surface area contributed by atoms with Crippen LogP contribution < -0.4 is 5.73 Å². The molecule has 1 aliphatic rings. The van der Waals surface area contributed by atoms with Crippen LogP contribution in [-0.2, 0) is 4.79 Å². The molecule has 0 aromatic carbocycles. The molecule has 0 aliphatic heterocycles. The van der Waals surface area contributed by atoms with Crippen LogP contribution in [0.3, 0.4) is 0 Å². The van der Waals surface area contributed by atoms with Crippen LogP contribution in [0.25, 0.3) is 0 Å². The zero-order valence-electron chi connectivity index (χ0n) is 9.41. The zero-order chi connectivity index (χ0) is 11.3. The molecule has 84 valence electrons. The number of amides is 1. The van der Waals surface area contributed by atoms with Gasteiger partial charge in [-0.2, -0.15) is 0 Å². The van der Waals surface area contributed by atoms with E-state index in [0.717, 1.165) is 19.3 Å². The van der Waals surface area contributed by atoms with Crippen LogP contribution >= 0.6 is 0 Å². The lowest BCUT2D eigenvalue weighted by atomic mass is 9.78. The smallest absolute Gasteiger partial charge is 0.226 e. The number of hydrogen-bond donors (Lipinski definition) is 1. The second-order valence-corrected chi connectivity index (χ2v) is 4.29. The largest absolute Gasteiger partial charge is 0.334 e. The van der Waals surface area contributed by atoms with Crippen LogP contribution in [0.2, 0.25) is 0 Å². The van der Waals surface area contributed by atoms with E-state index in [2.05, 4.69) is 5.92 Å². The molecule has 2 N–H and O–H groups in total. The second kappa shape index (κ2) is 5.77. The molecular weight excluding hydrogens is 188 g/mol. The standard InChI is InChI=1S/C12H20N2O/c1-3-8-14(2)12(15)11-7-5-4-6-10(11)9-13/h1,10-11H,4-9,13H2,2H3. The summed E-state index contributed by atoms with van der Waals surface area (Å²) in [6.45, 7) is 1.01. The first kappa shape index (κ1) is 12.1. The van der Waals surface area contributed by atoms with Crippen LogP contribution in [0.15, 0.2) is 0 Å². The van der Waals surface area contributed by atoms with Crippen LogP contribution in [0.4, 0.5) is 0 Å². The normalized spacial score (nSPS) is 25.7. The number of hydrogen-bond acceptors (Lipinski definition) is 2. The third kappa shape index (κ3) is 2.97. The summed E-state index contributed by atoms with van der Waals surface area (Å²) in [6.07, 6.45) is 9.58. The Hall–Kier alpha value is -1.01. The third-order valence-electron chi connectivity index (χ3n) is 3.23. The van der Waals surface area contributed by atoms with Crippen molar-refractivity contribution in [3.05, 3.63) is 0 Å². The van der Waals surface area contributed by atoms with Gasteiger partial charge in [0.2, 0.25) is 5.91 Å². The molecule has 1 fully saturated rings. The maximum absolute atomic E-state index is 12.0. The molecule has 0 saturated heterocycles. The maximum atomic E-state index is 12.0. The number of carbonyl (C=O) groups is 1. The number of nitrogens with zero attached hydrogens (tertiary/aromatic N) is 1. The first-order valence-electron chi connectivity index (χ1n) is 5.59. The lowest BCUT2D eigenvalue weighted by molar-refractivity contribution is -0.136. The molecule has 0 aromatic rings. The molecule has 1 rings (SSSR count). The van der Waals surface area contributed by atoms with E-state index >= 15 is 0 Å². The lowest BCUT2D eigenvalue weighted by Gasteiger charge is -2.32. The molecule has 3 nitrogen and oxygen atoms in total. The summed E-state index contributed by atoms with van der Waals surface area (Å²) in [7, 11) is 1.77. The first-order valence-corrected chi connectivity index (χ1v) is 5.59.